The van der Waals surface area contributed by atoms with Gasteiger partial charge < -0.3 is 10.6 Å². The number of nitro groups is 1. The van der Waals surface area contributed by atoms with Crippen LogP contribution >= 0.6 is 0 Å². The summed E-state index contributed by atoms with van der Waals surface area (Å²) in [4.78, 5) is 18.3. The maximum Gasteiger partial charge on any atom is 0.332 e. The molecular weight excluding hydrogens is 288 g/mol. The molecule has 0 aliphatic rings. The highest BCUT2D eigenvalue weighted by atomic mass is 32.2. The minimum absolute atomic E-state index is 0.0428. The van der Waals surface area contributed by atoms with Crippen LogP contribution in [0.2, 0.25) is 0 Å². The molecule has 0 saturated carbocycles. The van der Waals surface area contributed by atoms with E-state index in [1.807, 2.05) is 0 Å². The smallest absolute Gasteiger partial charge is 0.332 e. The van der Waals surface area contributed by atoms with E-state index < -0.39 is 14.9 Å². The number of primary sulfonamides is 1. The van der Waals surface area contributed by atoms with E-state index in [0.717, 1.165) is 0 Å². The van der Waals surface area contributed by atoms with Crippen LogP contribution in [-0.4, -0.2) is 42.7 Å². The molecule has 0 fully saturated rings. The van der Waals surface area contributed by atoms with Crippen molar-refractivity contribution in [2.45, 2.75) is 13.3 Å². The predicted octanol–water partition coefficient (Wildman–Crippen LogP) is -0.175. The Balaban J connectivity index is 2.87. The maximum absolute atomic E-state index is 11.0. The average Bonchev–Trinajstić information content (AvgIpc) is 2.32. The van der Waals surface area contributed by atoms with Gasteiger partial charge in [0.2, 0.25) is 21.8 Å². The Hall–Kier alpha value is -2.01. The zero-order valence-corrected chi connectivity index (χ0v) is 11.9. The lowest BCUT2D eigenvalue weighted by Gasteiger charge is -2.09. The Morgan fingerprint density at radius 3 is 2.55 bits per heavy atom. The highest BCUT2D eigenvalue weighted by Gasteiger charge is 2.21. The van der Waals surface area contributed by atoms with Gasteiger partial charge in [0.1, 0.15) is 5.69 Å². The highest BCUT2D eigenvalue weighted by molar-refractivity contribution is 7.89. The fraction of sp³-hybridized carbons (Fsp3) is 0.556. The van der Waals surface area contributed by atoms with Gasteiger partial charge in [-0.2, -0.15) is 4.98 Å². The van der Waals surface area contributed by atoms with Crippen LogP contribution in [0.25, 0.3) is 0 Å². The van der Waals surface area contributed by atoms with Gasteiger partial charge in [0.25, 0.3) is 0 Å². The molecule has 1 heterocycles. The summed E-state index contributed by atoms with van der Waals surface area (Å²) in [5.41, 5.74) is -0.0251. The van der Waals surface area contributed by atoms with Gasteiger partial charge in [0.15, 0.2) is 0 Å². The van der Waals surface area contributed by atoms with Gasteiger partial charge in [-0.1, -0.05) is 0 Å². The minimum atomic E-state index is -3.54. The fourth-order valence-electron chi connectivity index (χ4n) is 1.50. The summed E-state index contributed by atoms with van der Waals surface area (Å²) in [6, 6.07) is 0. The van der Waals surface area contributed by atoms with E-state index >= 15 is 0 Å². The van der Waals surface area contributed by atoms with Crippen molar-refractivity contribution in [1.29, 1.82) is 0 Å². The molecule has 0 spiro atoms. The quantitative estimate of drug-likeness (QED) is 0.356. The van der Waals surface area contributed by atoms with Crippen LogP contribution in [0.4, 0.5) is 17.5 Å². The number of aryl methyl sites for hydroxylation is 1. The molecule has 0 amide bonds. The molecule has 0 atom stereocenters. The summed E-state index contributed by atoms with van der Waals surface area (Å²) in [7, 11) is -1.96. The third-order valence-corrected chi connectivity index (χ3v) is 3.22. The number of nitrogens with one attached hydrogen (secondary N) is 2. The number of aromatic nitrogens is 2. The van der Waals surface area contributed by atoms with Gasteiger partial charge in [-0.05, 0) is 13.3 Å². The zero-order chi connectivity index (χ0) is 15.3. The van der Waals surface area contributed by atoms with E-state index in [0.29, 0.717) is 0 Å². The molecule has 112 valence electrons. The first kappa shape index (κ1) is 16.0. The molecule has 1 aromatic heterocycles. The number of nitrogens with two attached hydrogens (primary N) is 1. The third-order valence-electron chi connectivity index (χ3n) is 2.36. The summed E-state index contributed by atoms with van der Waals surface area (Å²) in [6.07, 6.45) is 0.216. The number of hydrogen-bond acceptors (Lipinski definition) is 8. The van der Waals surface area contributed by atoms with Crippen molar-refractivity contribution in [2.75, 3.05) is 30.0 Å². The lowest BCUT2D eigenvalue weighted by atomic mass is 10.3. The van der Waals surface area contributed by atoms with Crippen molar-refractivity contribution in [2.24, 2.45) is 5.14 Å². The van der Waals surface area contributed by atoms with Crippen molar-refractivity contribution in [3.63, 3.8) is 0 Å². The Kier molecular flexibility index (Phi) is 5.16. The number of nitrogens with zero attached hydrogens (tertiary/aromatic N) is 3. The second kappa shape index (κ2) is 6.43. The summed E-state index contributed by atoms with van der Waals surface area (Å²) in [5.74, 6) is 0.0693. The molecule has 11 heteroatoms. The number of sulfonamides is 1. The third kappa shape index (κ3) is 4.59. The molecule has 0 saturated heterocycles. The van der Waals surface area contributed by atoms with Crippen LogP contribution < -0.4 is 15.8 Å². The van der Waals surface area contributed by atoms with Crippen LogP contribution in [0.5, 0.6) is 0 Å². The highest BCUT2D eigenvalue weighted by Crippen LogP contribution is 2.26. The van der Waals surface area contributed by atoms with Crippen molar-refractivity contribution >= 4 is 27.5 Å². The normalized spacial score (nSPS) is 11.2. The molecule has 0 radical (unpaired) electrons. The van der Waals surface area contributed by atoms with Gasteiger partial charge in [0, 0.05) is 13.6 Å². The van der Waals surface area contributed by atoms with Gasteiger partial charge in [-0.25, -0.2) is 18.5 Å². The molecule has 0 aromatic carbocycles. The molecule has 10 nitrogen and oxygen atoms in total. The fourth-order valence-corrected chi connectivity index (χ4v) is 2.05. The molecule has 20 heavy (non-hydrogen) atoms. The second-order valence-electron chi connectivity index (χ2n) is 3.98. The van der Waals surface area contributed by atoms with Gasteiger partial charge in [-0.15, -0.1) is 0 Å². The number of anilines is 2. The van der Waals surface area contributed by atoms with Gasteiger partial charge >= 0.3 is 5.69 Å². The summed E-state index contributed by atoms with van der Waals surface area (Å²) in [6.45, 7) is 1.69. The van der Waals surface area contributed by atoms with Crippen LogP contribution in [-0.2, 0) is 10.0 Å². The monoisotopic (exact) mass is 304 g/mol. The van der Waals surface area contributed by atoms with E-state index in [9.17, 15) is 18.5 Å². The van der Waals surface area contributed by atoms with Gasteiger partial charge in [0.05, 0.1) is 10.7 Å². The SMILES string of the molecule is CNc1nc(C)c([N+](=O)[O-])c(NCCCS(N)(=O)=O)n1. The Morgan fingerprint density at radius 2 is 2.05 bits per heavy atom. The molecule has 0 aliphatic heterocycles. The minimum Gasteiger partial charge on any atom is -0.364 e. The van der Waals surface area contributed by atoms with E-state index in [4.69, 9.17) is 5.14 Å². The molecular formula is C9H16N6O4S. The van der Waals surface area contributed by atoms with Gasteiger partial charge in [-0.3, -0.25) is 10.1 Å². The van der Waals surface area contributed by atoms with E-state index in [2.05, 4.69) is 20.6 Å². The summed E-state index contributed by atoms with van der Waals surface area (Å²) < 4.78 is 21.6. The summed E-state index contributed by atoms with van der Waals surface area (Å²) >= 11 is 0. The largest absolute Gasteiger partial charge is 0.364 e. The number of rotatable bonds is 7. The van der Waals surface area contributed by atoms with Crippen LogP contribution in [0, 0.1) is 17.0 Å². The molecule has 1 aromatic rings. The topological polar surface area (TPSA) is 153 Å². The van der Waals surface area contributed by atoms with Crippen molar-refractivity contribution in [3.8, 4) is 0 Å². The molecule has 4 N–H and O–H groups in total. The van der Waals surface area contributed by atoms with Crippen molar-refractivity contribution in [1.82, 2.24) is 9.97 Å². The van der Waals surface area contributed by atoms with Crippen LogP contribution in [0.1, 0.15) is 12.1 Å². The molecule has 0 bridgehead atoms. The molecule has 0 aliphatic carbocycles. The first-order chi connectivity index (χ1) is 9.24. The van der Waals surface area contributed by atoms with Crippen molar-refractivity contribution in [3.05, 3.63) is 15.8 Å². The Bertz CT molecular complexity index is 603. The van der Waals surface area contributed by atoms with Crippen LogP contribution in [0.15, 0.2) is 0 Å². The zero-order valence-electron chi connectivity index (χ0n) is 11.1. The van der Waals surface area contributed by atoms with E-state index in [-0.39, 0.29) is 41.9 Å². The second-order valence-corrected chi connectivity index (χ2v) is 5.72. The predicted molar refractivity (Wildman–Crippen MR) is 74.1 cm³/mol. The molecule has 1 rings (SSSR count). The van der Waals surface area contributed by atoms with Crippen molar-refractivity contribution < 1.29 is 13.3 Å². The van der Waals surface area contributed by atoms with Crippen LogP contribution in [0.3, 0.4) is 0 Å². The maximum atomic E-state index is 11.0. The molecule has 0 unspecified atom stereocenters. The van der Waals surface area contributed by atoms with E-state index in [1.54, 1.807) is 7.05 Å². The summed E-state index contributed by atoms with van der Waals surface area (Å²) in [5, 5.41) is 21.3. The Labute approximate surface area is 116 Å². The first-order valence-electron chi connectivity index (χ1n) is 5.69. The average molecular weight is 304 g/mol. The lowest BCUT2D eigenvalue weighted by Crippen LogP contribution is -2.19. The first-order valence-corrected chi connectivity index (χ1v) is 7.41. The van der Waals surface area contributed by atoms with E-state index in [1.165, 1.54) is 6.92 Å². The Morgan fingerprint density at radius 1 is 1.40 bits per heavy atom. The lowest BCUT2D eigenvalue weighted by molar-refractivity contribution is -0.385. The standard InChI is InChI=1S/C9H16N6O4S/c1-6-7(15(16)17)8(14-9(11-2)13-6)12-4-3-5-20(10,18)19/h3-5H2,1-2H3,(H2,10,18,19)(H2,11,12,13,14). The number of hydrogen-bond donors (Lipinski definition) is 3.